The molecule has 18 heavy (non-hydrogen) atoms. The number of thioether (sulfide) groups is 1. The van der Waals surface area contributed by atoms with Crippen molar-refractivity contribution in [3.05, 3.63) is 40.6 Å². The van der Waals surface area contributed by atoms with Crippen LogP contribution in [0.25, 0.3) is 11.4 Å². The van der Waals surface area contributed by atoms with Crippen molar-refractivity contribution in [2.24, 2.45) is 0 Å². The molecule has 0 aliphatic carbocycles. The SMILES string of the molecule is Cc1cccc(-c2nc(N)c3c(n2)CSC3)c1C. The van der Waals surface area contributed by atoms with Crippen LogP contribution in [0.5, 0.6) is 0 Å². The second-order valence-corrected chi connectivity index (χ2v) is 5.58. The minimum atomic E-state index is 0.640. The van der Waals surface area contributed by atoms with E-state index in [9.17, 15) is 0 Å². The first kappa shape index (κ1) is 11.5. The average Bonchev–Trinajstić information content (AvgIpc) is 2.81. The molecule has 2 aromatic rings. The fourth-order valence-corrected chi connectivity index (χ4v) is 3.24. The minimum Gasteiger partial charge on any atom is -0.383 e. The number of anilines is 1. The van der Waals surface area contributed by atoms with Crippen LogP contribution in [0.2, 0.25) is 0 Å². The first-order chi connectivity index (χ1) is 8.66. The largest absolute Gasteiger partial charge is 0.383 e. The Balaban J connectivity index is 2.18. The van der Waals surface area contributed by atoms with Gasteiger partial charge < -0.3 is 5.73 Å². The monoisotopic (exact) mass is 257 g/mol. The van der Waals surface area contributed by atoms with Crippen molar-refractivity contribution in [3.8, 4) is 11.4 Å². The summed E-state index contributed by atoms with van der Waals surface area (Å²) in [6.45, 7) is 4.21. The summed E-state index contributed by atoms with van der Waals surface area (Å²) in [5.74, 6) is 3.28. The van der Waals surface area contributed by atoms with Crippen molar-refractivity contribution in [3.63, 3.8) is 0 Å². The highest BCUT2D eigenvalue weighted by molar-refractivity contribution is 7.98. The molecule has 0 radical (unpaired) electrons. The maximum Gasteiger partial charge on any atom is 0.162 e. The van der Waals surface area contributed by atoms with Gasteiger partial charge in [-0.05, 0) is 25.0 Å². The standard InChI is InChI=1S/C14H15N3S/c1-8-4-3-5-10(9(8)2)14-16-12-7-18-6-11(12)13(15)17-14/h3-5H,6-7H2,1-2H3,(H2,15,16,17). The van der Waals surface area contributed by atoms with Gasteiger partial charge in [-0.25, -0.2) is 9.97 Å². The lowest BCUT2D eigenvalue weighted by atomic mass is 10.0. The van der Waals surface area contributed by atoms with Gasteiger partial charge >= 0.3 is 0 Å². The van der Waals surface area contributed by atoms with Crippen molar-refractivity contribution in [1.29, 1.82) is 0 Å². The molecule has 92 valence electrons. The number of benzene rings is 1. The van der Waals surface area contributed by atoms with E-state index in [1.165, 1.54) is 11.1 Å². The van der Waals surface area contributed by atoms with Gasteiger partial charge in [0.15, 0.2) is 5.82 Å². The number of aryl methyl sites for hydroxylation is 1. The first-order valence-electron chi connectivity index (χ1n) is 5.96. The zero-order valence-corrected chi connectivity index (χ0v) is 11.3. The molecule has 0 saturated carbocycles. The summed E-state index contributed by atoms with van der Waals surface area (Å²) < 4.78 is 0. The molecule has 1 aliphatic rings. The van der Waals surface area contributed by atoms with E-state index in [1.807, 2.05) is 17.8 Å². The van der Waals surface area contributed by atoms with Crippen LogP contribution in [0.4, 0.5) is 5.82 Å². The van der Waals surface area contributed by atoms with Crippen LogP contribution in [-0.2, 0) is 11.5 Å². The molecular formula is C14H15N3S. The maximum atomic E-state index is 6.03. The Bertz CT molecular complexity index is 623. The Kier molecular flexibility index (Phi) is 2.74. The summed E-state index contributed by atoms with van der Waals surface area (Å²) >= 11 is 1.85. The topological polar surface area (TPSA) is 51.8 Å². The van der Waals surface area contributed by atoms with Gasteiger partial charge in [0, 0.05) is 22.6 Å². The van der Waals surface area contributed by atoms with Gasteiger partial charge in [-0.2, -0.15) is 11.8 Å². The molecule has 4 heteroatoms. The van der Waals surface area contributed by atoms with Crippen LogP contribution in [0.3, 0.4) is 0 Å². The zero-order valence-electron chi connectivity index (χ0n) is 10.5. The van der Waals surface area contributed by atoms with Gasteiger partial charge in [-0.15, -0.1) is 0 Å². The summed E-state index contributed by atoms with van der Waals surface area (Å²) in [5.41, 5.74) is 11.8. The van der Waals surface area contributed by atoms with Gasteiger partial charge in [-0.3, -0.25) is 0 Å². The molecule has 1 aliphatic heterocycles. The molecule has 0 bridgehead atoms. The molecule has 2 heterocycles. The summed E-state index contributed by atoms with van der Waals surface area (Å²) in [6, 6.07) is 6.20. The van der Waals surface area contributed by atoms with Crippen molar-refractivity contribution < 1.29 is 0 Å². The molecule has 1 aromatic heterocycles. The third kappa shape index (κ3) is 1.77. The Labute approximate surface area is 111 Å². The van der Waals surface area contributed by atoms with Gasteiger partial charge in [0.25, 0.3) is 0 Å². The lowest BCUT2D eigenvalue weighted by Crippen LogP contribution is -2.03. The highest BCUT2D eigenvalue weighted by Crippen LogP contribution is 2.33. The number of rotatable bonds is 1. The van der Waals surface area contributed by atoms with E-state index in [4.69, 9.17) is 5.73 Å². The Morgan fingerprint density at radius 3 is 2.83 bits per heavy atom. The summed E-state index contributed by atoms with van der Waals surface area (Å²) in [7, 11) is 0. The van der Waals surface area contributed by atoms with Gasteiger partial charge in [0.1, 0.15) is 5.82 Å². The molecule has 0 spiro atoms. The molecule has 0 atom stereocenters. The van der Waals surface area contributed by atoms with Crippen LogP contribution in [0.1, 0.15) is 22.4 Å². The van der Waals surface area contributed by atoms with Crippen molar-refractivity contribution >= 4 is 17.6 Å². The predicted molar refractivity (Wildman–Crippen MR) is 76.4 cm³/mol. The fourth-order valence-electron chi connectivity index (χ4n) is 2.19. The number of hydrogen-bond acceptors (Lipinski definition) is 4. The predicted octanol–water partition coefficient (Wildman–Crippen LogP) is 3.09. The second kappa shape index (κ2) is 4.28. The molecule has 2 N–H and O–H groups in total. The summed E-state index contributed by atoms with van der Waals surface area (Å²) in [5, 5.41) is 0. The minimum absolute atomic E-state index is 0.640. The highest BCUT2D eigenvalue weighted by Gasteiger charge is 2.19. The zero-order chi connectivity index (χ0) is 12.7. The maximum absolute atomic E-state index is 6.03. The number of aromatic nitrogens is 2. The molecular weight excluding hydrogens is 242 g/mol. The third-order valence-electron chi connectivity index (χ3n) is 3.46. The number of nitrogen functional groups attached to an aromatic ring is 1. The van der Waals surface area contributed by atoms with Crippen molar-refractivity contribution in [2.45, 2.75) is 25.4 Å². The first-order valence-corrected chi connectivity index (χ1v) is 7.12. The normalized spacial score (nSPS) is 13.7. The van der Waals surface area contributed by atoms with Crippen LogP contribution in [0.15, 0.2) is 18.2 Å². The van der Waals surface area contributed by atoms with Crippen LogP contribution >= 0.6 is 11.8 Å². The van der Waals surface area contributed by atoms with E-state index in [0.29, 0.717) is 5.82 Å². The van der Waals surface area contributed by atoms with Gasteiger partial charge in [-0.1, -0.05) is 18.2 Å². The van der Waals surface area contributed by atoms with Crippen molar-refractivity contribution in [2.75, 3.05) is 5.73 Å². The second-order valence-electron chi connectivity index (χ2n) is 4.60. The fraction of sp³-hybridized carbons (Fsp3) is 0.286. The van der Waals surface area contributed by atoms with Gasteiger partial charge in [0.2, 0.25) is 0 Å². The quantitative estimate of drug-likeness (QED) is 0.853. The van der Waals surface area contributed by atoms with E-state index in [1.54, 1.807) is 0 Å². The van der Waals surface area contributed by atoms with Crippen LogP contribution < -0.4 is 5.73 Å². The highest BCUT2D eigenvalue weighted by atomic mass is 32.2. The summed E-state index contributed by atoms with van der Waals surface area (Å²) in [6.07, 6.45) is 0. The van der Waals surface area contributed by atoms with Crippen LogP contribution in [0, 0.1) is 13.8 Å². The van der Waals surface area contributed by atoms with E-state index in [0.717, 1.165) is 34.2 Å². The number of nitrogens with zero attached hydrogens (tertiary/aromatic N) is 2. The van der Waals surface area contributed by atoms with Crippen molar-refractivity contribution in [1.82, 2.24) is 9.97 Å². The lowest BCUT2D eigenvalue weighted by Gasteiger charge is -2.10. The molecule has 0 unspecified atom stereocenters. The molecule has 3 rings (SSSR count). The molecule has 0 amide bonds. The molecule has 1 aromatic carbocycles. The Morgan fingerprint density at radius 2 is 2.00 bits per heavy atom. The number of nitrogens with two attached hydrogens (primary N) is 1. The van der Waals surface area contributed by atoms with Gasteiger partial charge in [0.05, 0.1) is 5.69 Å². The Morgan fingerprint density at radius 1 is 1.17 bits per heavy atom. The van der Waals surface area contributed by atoms with E-state index in [2.05, 4.69) is 35.9 Å². The number of hydrogen-bond donors (Lipinski definition) is 1. The number of fused-ring (bicyclic) bond motifs is 1. The molecule has 0 saturated heterocycles. The smallest absolute Gasteiger partial charge is 0.162 e. The molecule has 0 fully saturated rings. The van der Waals surface area contributed by atoms with E-state index in [-0.39, 0.29) is 0 Å². The average molecular weight is 257 g/mol. The Hall–Kier alpha value is -1.55. The van der Waals surface area contributed by atoms with Crippen LogP contribution in [-0.4, -0.2) is 9.97 Å². The third-order valence-corrected chi connectivity index (χ3v) is 4.43. The molecule has 3 nitrogen and oxygen atoms in total. The lowest BCUT2D eigenvalue weighted by molar-refractivity contribution is 1.08. The van der Waals surface area contributed by atoms with E-state index >= 15 is 0 Å². The summed E-state index contributed by atoms with van der Waals surface area (Å²) in [4.78, 5) is 9.14. The van der Waals surface area contributed by atoms with E-state index < -0.39 is 0 Å².